The lowest BCUT2D eigenvalue weighted by Gasteiger charge is -2.02. The first-order valence-corrected chi connectivity index (χ1v) is 7.00. The fourth-order valence-corrected chi connectivity index (χ4v) is 2.68. The van der Waals surface area contributed by atoms with Gasteiger partial charge in [0.2, 0.25) is 0 Å². The van der Waals surface area contributed by atoms with Crippen LogP contribution in [0.1, 0.15) is 35.8 Å². The maximum absolute atomic E-state index is 12.0. The fraction of sp³-hybridized carbons (Fsp3) is 0.231. The number of aromatic nitrogens is 1. The maximum atomic E-state index is 12.0. The Labute approximate surface area is 120 Å². The van der Waals surface area contributed by atoms with Gasteiger partial charge in [0.15, 0.2) is 5.13 Å². The number of amides is 1. The van der Waals surface area contributed by atoms with Crippen molar-refractivity contribution in [2.24, 2.45) is 0 Å². The molecule has 4 nitrogen and oxygen atoms in total. The summed E-state index contributed by atoms with van der Waals surface area (Å²) in [7, 11) is 0. The number of carbonyl (C=O) groups is 1. The van der Waals surface area contributed by atoms with Gasteiger partial charge in [0, 0.05) is 10.6 Å². The lowest BCUT2D eigenvalue weighted by atomic mass is 10.1. The molecule has 1 amide bonds. The second kappa shape index (κ2) is 5.59. The van der Waals surface area contributed by atoms with Crippen molar-refractivity contribution in [3.63, 3.8) is 0 Å². The van der Waals surface area contributed by atoms with Gasteiger partial charge in [-0.15, -0.1) is 0 Å². The first-order valence-electron chi connectivity index (χ1n) is 5.80. The van der Waals surface area contributed by atoms with Crippen LogP contribution in [-0.2, 0) is 0 Å². The molecule has 1 aromatic carbocycles. The van der Waals surface area contributed by atoms with E-state index in [1.807, 2.05) is 13.8 Å². The van der Waals surface area contributed by atoms with E-state index in [0.29, 0.717) is 20.7 Å². The van der Waals surface area contributed by atoms with E-state index in [0.717, 1.165) is 5.69 Å². The third kappa shape index (κ3) is 3.24. The van der Waals surface area contributed by atoms with E-state index in [-0.39, 0.29) is 11.8 Å². The van der Waals surface area contributed by atoms with Gasteiger partial charge in [-0.1, -0.05) is 42.9 Å². The molecule has 0 spiro atoms. The summed E-state index contributed by atoms with van der Waals surface area (Å²) in [5.74, 6) is -0.0142. The summed E-state index contributed by atoms with van der Waals surface area (Å²) in [5.41, 5.74) is 7.17. The maximum Gasteiger partial charge on any atom is 0.257 e. The highest BCUT2D eigenvalue weighted by Gasteiger charge is 2.14. The molecule has 0 fully saturated rings. The van der Waals surface area contributed by atoms with Gasteiger partial charge in [0.05, 0.1) is 5.69 Å². The van der Waals surface area contributed by atoms with Gasteiger partial charge in [0.25, 0.3) is 5.91 Å². The molecule has 1 heterocycles. The molecule has 0 saturated carbocycles. The minimum absolute atomic E-state index is 0.230. The zero-order valence-corrected chi connectivity index (χ0v) is 12.2. The molecule has 100 valence electrons. The quantitative estimate of drug-likeness (QED) is 0.906. The molecule has 1 aromatic heterocycles. The van der Waals surface area contributed by atoms with Crippen molar-refractivity contribution in [2.75, 3.05) is 11.1 Å². The lowest BCUT2D eigenvalue weighted by molar-refractivity contribution is 0.102. The number of anilines is 2. The molecule has 0 bridgehead atoms. The number of benzene rings is 1. The minimum atomic E-state index is -0.244. The molecule has 0 saturated heterocycles. The second-order valence-electron chi connectivity index (χ2n) is 4.39. The number of nitrogens with one attached hydrogen (secondary N) is 1. The molecule has 2 aromatic rings. The van der Waals surface area contributed by atoms with Gasteiger partial charge in [-0.25, -0.2) is 4.98 Å². The normalized spacial score (nSPS) is 10.7. The SMILES string of the molecule is CC(C)c1nc(NC(=O)c2cccc(Cl)c2)sc1N. The van der Waals surface area contributed by atoms with Crippen LogP contribution in [0.15, 0.2) is 24.3 Å². The monoisotopic (exact) mass is 295 g/mol. The van der Waals surface area contributed by atoms with Crippen molar-refractivity contribution < 1.29 is 4.79 Å². The van der Waals surface area contributed by atoms with Crippen molar-refractivity contribution in [2.45, 2.75) is 19.8 Å². The standard InChI is InChI=1S/C13H14ClN3OS/c1-7(2)10-11(15)19-13(16-10)17-12(18)8-4-3-5-9(14)6-8/h3-7H,15H2,1-2H3,(H,16,17,18). The van der Waals surface area contributed by atoms with E-state index in [9.17, 15) is 4.79 Å². The van der Waals surface area contributed by atoms with Crippen LogP contribution in [0.3, 0.4) is 0 Å². The first kappa shape index (κ1) is 13.8. The number of nitrogens with zero attached hydrogens (tertiary/aromatic N) is 1. The molecule has 0 aliphatic rings. The molecule has 0 unspecified atom stereocenters. The van der Waals surface area contributed by atoms with Crippen molar-refractivity contribution >= 4 is 39.0 Å². The molecular formula is C13H14ClN3OS. The predicted octanol–water partition coefficient (Wildman–Crippen LogP) is 3.75. The number of hydrogen-bond donors (Lipinski definition) is 2. The Morgan fingerprint density at radius 3 is 2.79 bits per heavy atom. The number of rotatable bonds is 3. The van der Waals surface area contributed by atoms with E-state index in [2.05, 4.69) is 10.3 Å². The molecule has 6 heteroatoms. The molecule has 0 radical (unpaired) electrons. The van der Waals surface area contributed by atoms with Crippen LogP contribution >= 0.6 is 22.9 Å². The summed E-state index contributed by atoms with van der Waals surface area (Å²) >= 11 is 7.12. The molecule has 0 aliphatic heterocycles. The highest BCUT2D eigenvalue weighted by Crippen LogP contribution is 2.30. The summed E-state index contributed by atoms with van der Waals surface area (Å²) in [6.45, 7) is 4.02. The van der Waals surface area contributed by atoms with Crippen LogP contribution in [-0.4, -0.2) is 10.9 Å². The third-order valence-corrected chi connectivity index (χ3v) is 3.59. The van der Waals surface area contributed by atoms with Crippen LogP contribution in [0.4, 0.5) is 10.1 Å². The molecule has 0 aliphatic carbocycles. The second-order valence-corrected chi connectivity index (χ2v) is 5.85. The summed E-state index contributed by atoms with van der Waals surface area (Å²) in [4.78, 5) is 16.3. The predicted molar refractivity (Wildman–Crippen MR) is 80.0 cm³/mol. The smallest absolute Gasteiger partial charge is 0.257 e. The minimum Gasteiger partial charge on any atom is -0.389 e. The number of nitrogens with two attached hydrogens (primary N) is 1. The lowest BCUT2D eigenvalue weighted by Crippen LogP contribution is -2.11. The Bertz CT molecular complexity index is 610. The van der Waals surface area contributed by atoms with E-state index in [4.69, 9.17) is 17.3 Å². The summed E-state index contributed by atoms with van der Waals surface area (Å²) < 4.78 is 0. The van der Waals surface area contributed by atoms with Crippen molar-refractivity contribution in [1.29, 1.82) is 0 Å². The Kier molecular flexibility index (Phi) is 4.07. The van der Waals surface area contributed by atoms with E-state index < -0.39 is 0 Å². The number of hydrogen-bond acceptors (Lipinski definition) is 4. The molecule has 0 atom stereocenters. The molecule has 2 rings (SSSR count). The fourth-order valence-electron chi connectivity index (χ4n) is 1.61. The van der Waals surface area contributed by atoms with Gasteiger partial charge in [-0.05, 0) is 24.1 Å². The number of thiazole rings is 1. The van der Waals surface area contributed by atoms with Crippen LogP contribution in [0.2, 0.25) is 5.02 Å². The van der Waals surface area contributed by atoms with Crippen molar-refractivity contribution in [3.05, 3.63) is 40.5 Å². The average Bonchev–Trinajstić information content (AvgIpc) is 2.70. The number of carbonyl (C=O) groups excluding carboxylic acids is 1. The van der Waals surface area contributed by atoms with E-state index in [1.54, 1.807) is 24.3 Å². The zero-order chi connectivity index (χ0) is 14.0. The Morgan fingerprint density at radius 1 is 1.47 bits per heavy atom. The highest BCUT2D eigenvalue weighted by atomic mass is 35.5. The Hall–Kier alpha value is -1.59. The summed E-state index contributed by atoms with van der Waals surface area (Å²) in [6, 6.07) is 6.75. The molecule has 3 N–H and O–H groups in total. The summed E-state index contributed by atoms with van der Waals surface area (Å²) in [5, 5.41) is 4.40. The van der Waals surface area contributed by atoms with Crippen LogP contribution < -0.4 is 11.1 Å². The Balaban J connectivity index is 2.17. The van der Waals surface area contributed by atoms with Crippen molar-refractivity contribution in [3.8, 4) is 0 Å². The van der Waals surface area contributed by atoms with Crippen LogP contribution in [0.5, 0.6) is 0 Å². The van der Waals surface area contributed by atoms with Gasteiger partial charge >= 0.3 is 0 Å². The average molecular weight is 296 g/mol. The van der Waals surface area contributed by atoms with Crippen LogP contribution in [0, 0.1) is 0 Å². The summed E-state index contributed by atoms with van der Waals surface area (Å²) in [6.07, 6.45) is 0. The topological polar surface area (TPSA) is 68.0 Å². The largest absolute Gasteiger partial charge is 0.389 e. The van der Waals surface area contributed by atoms with Gasteiger partial charge < -0.3 is 5.73 Å². The highest BCUT2D eigenvalue weighted by molar-refractivity contribution is 7.19. The molecular weight excluding hydrogens is 282 g/mol. The van der Waals surface area contributed by atoms with Gasteiger partial charge in [0.1, 0.15) is 5.00 Å². The third-order valence-electron chi connectivity index (χ3n) is 2.54. The Morgan fingerprint density at radius 2 is 2.21 bits per heavy atom. The van der Waals surface area contributed by atoms with E-state index >= 15 is 0 Å². The van der Waals surface area contributed by atoms with Gasteiger partial charge in [-0.3, -0.25) is 10.1 Å². The molecule has 19 heavy (non-hydrogen) atoms. The van der Waals surface area contributed by atoms with Gasteiger partial charge in [-0.2, -0.15) is 0 Å². The first-order chi connectivity index (χ1) is 8.97. The van der Waals surface area contributed by atoms with E-state index in [1.165, 1.54) is 11.3 Å². The van der Waals surface area contributed by atoms with Crippen molar-refractivity contribution in [1.82, 2.24) is 4.98 Å². The van der Waals surface area contributed by atoms with Crippen LogP contribution in [0.25, 0.3) is 0 Å². The number of halogens is 1. The number of nitrogen functional groups attached to an aromatic ring is 1. The zero-order valence-electron chi connectivity index (χ0n) is 10.6.